The van der Waals surface area contributed by atoms with Crippen molar-refractivity contribution in [1.82, 2.24) is 25.0 Å². The average Bonchev–Trinajstić information content (AvgIpc) is 3.26. The molecule has 1 saturated carbocycles. The van der Waals surface area contributed by atoms with Crippen molar-refractivity contribution in [2.75, 3.05) is 0 Å². The summed E-state index contributed by atoms with van der Waals surface area (Å²) in [6, 6.07) is 8.60. The minimum Gasteiger partial charge on any atom is -0.331 e. The highest BCUT2D eigenvalue weighted by molar-refractivity contribution is 5.76. The van der Waals surface area contributed by atoms with E-state index in [2.05, 4.69) is 36.2 Å². The quantitative estimate of drug-likeness (QED) is 0.874. The summed E-state index contributed by atoms with van der Waals surface area (Å²) in [6.45, 7) is 8.48. The number of amides is 2. The van der Waals surface area contributed by atoms with Gasteiger partial charge in [0.05, 0.1) is 11.7 Å². The third-order valence-electron chi connectivity index (χ3n) is 4.97. The van der Waals surface area contributed by atoms with Crippen LogP contribution in [0.5, 0.6) is 0 Å². The van der Waals surface area contributed by atoms with E-state index in [1.165, 1.54) is 6.33 Å². The Morgan fingerprint density at radius 3 is 2.64 bits per heavy atom. The fraction of sp³-hybridized carbons (Fsp3) is 0.526. The van der Waals surface area contributed by atoms with Gasteiger partial charge in [-0.1, -0.05) is 26.0 Å². The summed E-state index contributed by atoms with van der Waals surface area (Å²) in [4.78, 5) is 18.9. The van der Waals surface area contributed by atoms with E-state index in [4.69, 9.17) is 0 Å². The third-order valence-corrected chi connectivity index (χ3v) is 4.97. The van der Waals surface area contributed by atoms with Gasteiger partial charge in [0, 0.05) is 12.1 Å². The summed E-state index contributed by atoms with van der Waals surface area (Å²) in [6.07, 6.45) is 5.40. The molecule has 3 rings (SSSR count). The molecule has 6 heteroatoms. The number of carbonyl (C=O) groups excluding carboxylic acids is 1. The van der Waals surface area contributed by atoms with Gasteiger partial charge in [0.15, 0.2) is 0 Å². The van der Waals surface area contributed by atoms with E-state index in [1.54, 1.807) is 11.0 Å². The number of aromatic nitrogens is 3. The topological polar surface area (TPSA) is 63.1 Å². The number of nitrogens with one attached hydrogen (secondary N) is 1. The summed E-state index contributed by atoms with van der Waals surface area (Å²) >= 11 is 0. The van der Waals surface area contributed by atoms with Gasteiger partial charge < -0.3 is 10.2 Å². The van der Waals surface area contributed by atoms with E-state index in [1.807, 2.05) is 36.1 Å². The second-order valence-electron chi connectivity index (χ2n) is 7.23. The van der Waals surface area contributed by atoms with Crippen molar-refractivity contribution in [2.24, 2.45) is 5.92 Å². The number of hydrogen-bond donors (Lipinski definition) is 1. The van der Waals surface area contributed by atoms with Crippen LogP contribution < -0.4 is 5.32 Å². The highest BCUT2D eigenvalue weighted by Gasteiger charge is 2.37. The molecule has 1 heterocycles. The highest BCUT2D eigenvalue weighted by Crippen LogP contribution is 2.31. The molecule has 1 fully saturated rings. The summed E-state index contributed by atoms with van der Waals surface area (Å²) in [5.41, 5.74) is 1.99. The number of rotatable bonds is 6. The van der Waals surface area contributed by atoms with Crippen LogP contribution >= 0.6 is 0 Å². The summed E-state index contributed by atoms with van der Waals surface area (Å²) in [5, 5.41) is 7.33. The van der Waals surface area contributed by atoms with Crippen molar-refractivity contribution >= 4 is 6.03 Å². The van der Waals surface area contributed by atoms with E-state index in [9.17, 15) is 4.79 Å². The molecule has 6 nitrogen and oxygen atoms in total. The zero-order chi connectivity index (χ0) is 18.0. The van der Waals surface area contributed by atoms with Crippen LogP contribution in [0.25, 0.3) is 5.69 Å². The van der Waals surface area contributed by atoms with Gasteiger partial charge >= 0.3 is 6.03 Å². The Hall–Kier alpha value is -2.37. The molecule has 1 aromatic carbocycles. The Balaban J connectivity index is 1.72. The van der Waals surface area contributed by atoms with Crippen LogP contribution in [-0.2, 0) is 0 Å². The molecular formula is C19H27N5O. The first-order valence-corrected chi connectivity index (χ1v) is 9.01. The minimum absolute atomic E-state index is 0.0300. The van der Waals surface area contributed by atoms with Crippen molar-refractivity contribution in [1.29, 1.82) is 0 Å². The molecule has 1 aliphatic rings. The van der Waals surface area contributed by atoms with Gasteiger partial charge in [-0.25, -0.2) is 14.5 Å². The van der Waals surface area contributed by atoms with Crippen LogP contribution in [0.1, 0.15) is 52.1 Å². The van der Waals surface area contributed by atoms with Gasteiger partial charge in [0.2, 0.25) is 0 Å². The lowest BCUT2D eigenvalue weighted by atomic mass is 10.0. The van der Waals surface area contributed by atoms with Crippen molar-refractivity contribution < 1.29 is 4.79 Å². The zero-order valence-corrected chi connectivity index (χ0v) is 15.4. The summed E-state index contributed by atoms with van der Waals surface area (Å²) in [7, 11) is 0. The Kier molecular flexibility index (Phi) is 5.06. The number of benzene rings is 1. The lowest BCUT2D eigenvalue weighted by Crippen LogP contribution is -2.48. The molecule has 2 atom stereocenters. The average molecular weight is 341 g/mol. The second-order valence-corrected chi connectivity index (χ2v) is 7.23. The molecule has 1 aliphatic carbocycles. The van der Waals surface area contributed by atoms with Gasteiger partial charge in [0.1, 0.15) is 12.7 Å². The normalized spacial score (nSPS) is 16.5. The summed E-state index contributed by atoms with van der Waals surface area (Å²) < 4.78 is 1.72. The monoisotopic (exact) mass is 341 g/mol. The van der Waals surface area contributed by atoms with Gasteiger partial charge in [-0.05, 0) is 50.3 Å². The molecule has 2 unspecified atom stereocenters. The summed E-state index contributed by atoms with van der Waals surface area (Å²) in [5.74, 6) is 0.442. The van der Waals surface area contributed by atoms with Crippen LogP contribution in [0.15, 0.2) is 36.9 Å². The second kappa shape index (κ2) is 7.25. The van der Waals surface area contributed by atoms with Crippen molar-refractivity contribution in [3.63, 3.8) is 0 Å². The molecule has 1 aromatic heterocycles. The van der Waals surface area contributed by atoms with Crippen LogP contribution in [-0.4, -0.2) is 37.8 Å². The standard InChI is InChI=1S/C19H27N5O/c1-13(2)15(4)24(17-8-9-17)19(25)22-14(3)16-6-5-7-18(10-16)23-12-20-11-21-23/h5-7,10-15,17H,8-9H2,1-4H3,(H,22,25). The Morgan fingerprint density at radius 1 is 1.28 bits per heavy atom. The first-order chi connectivity index (χ1) is 12.0. The molecule has 25 heavy (non-hydrogen) atoms. The smallest absolute Gasteiger partial charge is 0.318 e. The first-order valence-electron chi connectivity index (χ1n) is 9.01. The molecule has 0 aliphatic heterocycles. The van der Waals surface area contributed by atoms with Gasteiger partial charge in [-0.3, -0.25) is 0 Å². The van der Waals surface area contributed by atoms with E-state index in [-0.39, 0.29) is 18.1 Å². The molecule has 1 N–H and O–H groups in total. The maximum absolute atomic E-state index is 12.9. The SMILES string of the molecule is CC(NC(=O)N(C1CC1)C(C)C(C)C)c1cccc(-n2cncn2)c1. The number of hydrogen-bond acceptors (Lipinski definition) is 3. The Labute approximate surface area is 149 Å². The molecule has 0 saturated heterocycles. The molecule has 2 aromatic rings. The minimum atomic E-state index is -0.0726. The lowest BCUT2D eigenvalue weighted by molar-refractivity contribution is 0.154. The third kappa shape index (κ3) is 4.00. The van der Waals surface area contributed by atoms with Crippen molar-refractivity contribution in [3.8, 4) is 5.69 Å². The molecule has 0 spiro atoms. The maximum Gasteiger partial charge on any atom is 0.318 e. The van der Waals surface area contributed by atoms with Gasteiger partial charge in [-0.2, -0.15) is 5.10 Å². The largest absolute Gasteiger partial charge is 0.331 e. The fourth-order valence-corrected chi connectivity index (χ4v) is 2.98. The van der Waals surface area contributed by atoms with Crippen LogP contribution in [0.2, 0.25) is 0 Å². The molecule has 0 radical (unpaired) electrons. The molecule has 0 bridgehead atoms. The van der Waals surface area contributed by atoms with Crippen LogP contribution in [0.3, 0.4) is 0 Å². The maximum atomic E-state index is 12.9. The van der Waals surface area contributed by atoms with Crippen LogP contribution in [0, 0.1) is 5.92 Å². The zero-order valence-electron chi connectivity index (χ0n) is 15.4. The highest BCUT2D eigenvalue weighted by atomic mass is 16.2. The fourth-order valence-electron chi connectivity index (χ4n) is 2.98. The molecule has 134 valence electrons. The van der Waals surface area contributed by atoms with Crippen LogP contribution in [0.4, 0.5) is 4.79 Å². The van der Waals surface area contributed by atoms with Crippen molar-refractivity contribution in [3.05, 3.63) is 42.5 Å². The lowest BCUT2D eigenvalue weighted by Gasteiger charge is -2.33. The Morgan fingerprint density at radius 2 is 2.04 bits per heavy atom. The van der Waals surface area contributed by atoms with Crippen molar-refractivity contribution in [2.45, 2.75) is 58.7 Å². The van der Waals surface area contributed by atoms with Gasteiger partial charge in [0.25, 0.3) is 0 Å². The van der Waals surface area contributed by atoms with E-state index in [0.717, 1.165) is 24.1 Å². The predicted molar refractivity (Wildman–Crippen MR) is 97.5 cm³/mol. The number of nitrogens with zero attached hydrogens (tertiary/aromatic N) is 4. The first kappa shape index (κ1) is 17.5. The predicted octanol–water partition coefficient (Wildman–Crippen LogP) is 3.55. The number of urea groups is 1. The van der Waals surface area contributed by atoms with E-state index >= 15 is 0 Å². The number of carbonyl (C=O) groups is 1. The molecule has 2 amide bonds. The van der Waals surface area contributed by atoms with E-state index in [0.29, 0.717) is 12.0 Å². The molecular weight excluding hydrogens is 314 g/mol. The Bertz CT molecular complexity index is 708. The van der Waals surface area contributed by atoms with E-state index < -0.39 is 0 Å². The van der Waals surface area contributed by atoms with Gasteiger partial charge in [-0.15, -0.1) is 0 Å².